The van der Waals surface area contributed by atoms with E-state index in [1.165, 1.54) is 22.7 Å². The maximum atomic E-state index is 13.2. The Hall–Kier alpha value is -2.40. The van der Waals surface area contributed by atoms with Crippen LogP contribution >= 0.6 is 0 Å². The Morgan fingerprint density at radius 1 is 1.07 bits per heavy atom. The second-order valence-corrected chi connectivity index (χ2v) is 8.72. The summed E-state index contributed by atoms with van der Waals surface area (Å²) in [7, 11) is 3.56. The van der Waals surface area contributed by atoms with Gasteiger partial charge in [0.1, 0.15) is 0 Å². The Balaban J connectivity index is 1.58. The molecule has 1 aliphatic heterocycles. The number of rotatable bonds is 3. The summed E-state index contributed by atoms with van der Waals surface area (Å²) in [6.45, 7) is 0. The van der Waals surface area contributed by atoms with E-state index in [9.17, 15) is 9.59 Å². The fraction of sp³-hybridized carbons (Fsp3) is 0.478. The molecule has 1 N–H and O–H groups in total. The molecule has 2 amide bonds. The summed E-state index contributed by atoms with van der Waals surface area (Å²) in [5, 5.41) is 3.03. The lowest BCUT2D eigenvalue weighted by Crippen LogP contribution is -2.43. The molecule has 0 radical (unpaired) electrons. The summed E-state index contributed by atoms with van der Waals surface area (Å²) >= 11 is 0. The van der Waals surface area contributed by atoms with Gasteiger partial charge in [0, 0.05) is 37.8 Å². The number of nitrogens with one attached hydrogen (secondary N) is 1. The number of aromatic amines is 1. The largest absolute Gasteiger partial charge is 0.361 e. The molecule has 3 aliphatic rings. The van der Waals surface area contributed by atoms with Gasteiger partial charge in [-0.25, -0.2) is 10.0 Å². The van der Waals surface area contributed by atoms with Gasteiger partial charge in [-0.05, 0) is 36.0 Å². The number of hydrogen-bond acceptors (Lipinski definition) is 3. The minimum atomic E-state index is -0.329. The van der Waals surface area contributed by atoms with Crippen molar-refractivity contribution in [1.29, 1.82) is 0 Å². The maximum Gasteiger partial charge on any atom is 0.252 e. The second kappa shape index (κ2) is 6.59. The van der Waals surface area contributed by atoms with Crippen LogP contribution in [0, 0.1) is 11.8 Å². The van der Waals surface area contributed by atoms with E-state index in [-0.39, 0.29) is 29.6 Å². The third kappa shape index (κ3) is 2.56. The molecule has 0 unspecified atom stereocenters. The van der Waals surface area contributed by atoms with E-state index in [4.69, 9.17) is 0 Å². The lowest BCUT2D eigenvalue weighted by Gasteiger charge is -2.40. The first-order valence-corrected chi connectivity index (χ1v) is 10.4. The first-order valence-electron chi connectivity index (χ1n) is 10.4. The topological polar surface area (TPSA) is 56.4 Å². The van der Waals surface area contributed by atoms with Crippen molar-refractivity contribution in [2.24, 2.45) is 11.8 Å². The quantitative estimate of drug-likeness (QED) is 0.834. The monoisotopic (exact) mass is 377 g/mol. The van der Waals surface area contributed by atoms with Crippen LogP contribution in [0.15, 0.2) is 36.4 Å². The van der Waals surface area contributed by atoms with Crippen molar-refractivity contribution < 1.29 is 9.59 Å². The van der Waals surface area contributed by atoms with Crippen molar-refractivity contribution >= 4 is 11.8 Å². The number of nitrogens with zero attached hydrogens (tertiary/aromatic N) is 2. The fourth-order valence-corrected chi connectivity index (χ4v) is 5.80. The molecule has 1 aromatic heterocycles. The van der Waals surface area contributed by atoms with Gasteiger partial charge in [-0.1, -0.05) is 43.2 Å². The number of hydrogen-bond donors (Lipinski definition) is 1. The maximum absolute atomic E-state index is 13.2. The van der Waals surface area contributed by atoms with Crippen molar-refractivity contribution in [3.8, 4) is 0 Å². The highest BCUT2D eigenvalue weighted by atomic mass is 16.2. The molecule has 2 heterocycles. The number of benzene rings is 1. The van der Waals surface area contributed by atoms with Crippen LogP contribution in [-0.2, 0) is 16.0 Å². The van der Waals surface area contributed by atoms with Crippen LogP contribution in [0.4, 0.5) is 0 Å². The van der Waals surface area contributed by atoms with Crippen LogP contribution in [0.2, 0.25) is 0 Å². The van der Waals surface area contributed by atoms with Crippen LogP contribution in [0.5, 0.6) is 0 Å². The summed E-state index contributed by atoms with van der Waals surface area (Å²) in [4.78, 5) is 30.1. The highest BCUT2D eigenvalue weighted by molar-refractivity contribution is 6.08. The highest BCUT2D eigenvalue weighted by Gasteiger charge is 2.58. The van der Waals surface area contributed by atoms with Gasteiger partial charge in [-0.15, -0.1) is 0 Å². The van der Waals surface area contributed by atoms with Gasteiger partial charge in [0.25, 0.3) is 5.91 Å². The number of hydrazine groups is 1. The predicted octanol–water partition coefficient (Wildman–Crippen LogP) is 3.44. The summed E-state index contributed by atoms with van der Waals surface area (Å²) in [6.07, 6.45) is 5.32. The summed E-state index contributed by atoms with van der Waals surface area (Å²) in [5.41, 5.74) is 4.69. The molecule has 2 aromatic rings. The van der Waals surface area contributed by atoms with Gasteiger partial charge in [0.05, 0.1) is 11.8 Å². The number of carbonyl (C=O) groups excluding carboxylic acids is 2. The SMILES string of the molecule is CN(C)N1C(=O)[C@H]2[C@H]3CCCC[C@H]3c3[nH]c(Cc4ccccc4)cc3[C@H]2C1=O. The predicted molar refractivity (Wildman–Crippen MR) is 107 cm³/mol. The van der Waals surface area contributed by atoms with E-state index < -0.39 is 0 Å². The number of imide groups is 1. The van der Waals surface area contributed by atoms with Crippen molar-refractivity contribution in [1.82, 2.24) is 15.0 Å². The average molecular weight is 377 g/mol. The minimum Gasteiger partial charge on any atom is -0.361 e. The second-order valence-electron chi connectivity index (χ2n) is 8.72. The van der Waals surface area contributed by atoms with Crippen LogP contribution in [-0.4, -0.2) is 40.9 Å². The zero-order valence-corrected chi connectivity index (χ0v) is 16.5. The Labute approximate surface area is 165 Å². The normalized spacial score (nSPS) is 29.0. The van der Waals surface area contributed by atoms with Crippen LogP contribution in [0.25, 0.3) is 0 Å². The highest BCUT2D eigenvalue weighted by Crippen LogP contribution is 2.55. The van der Waals surface area contributed by atoms with E-state index >= 15 is 0 Å². The van der Waals surface area contributed by atoms with Crippen LogP contribution < -0.4 is 0 Å². The Morgan fingerprint density at radius 3 is 2.57 bits per heavy atom. The van der Waals surface area contributed by atoms with Crippen molar-refractivity contribution in [3.63, 3.8) is 0 Å². The lowest BCUT2D eigenvalue weighted by molar-refractivity contribution is -0.154. The van der Waals surface area contributed by atoms with Gasteiger partial charge < -0.3 is 4.98 Å². The number of fused-ring (bicyclic) bond motifs is 6. The molecule has 5 nitrogen and oxygen atoms in total. The third-order valence-corrected chi connectivity index (χ3v) is 6.89. The molecule has 1 saturated heterocycles. The summed E-state index contributed by atoms with van der Waals surface area (Å²) in [6, 6.07) is 12.6. The van der Waals surface area contributed by atoms with Crippen molar-refractivity contribution in [2.75, 3.05) is 14.1 Å². The molecule has 1 saturated carbocycles. The smallest absolute Gasteiger partial charge is 0.252 e. The van der Waals surface area contributed by atoms with E-state index in [0.717, 1.165) is 36.9 Å². The van der Waals surface area contributed by atoms with E-state index in [0.29, 0.717) is 5.92 Å². The molecule has 5 heteroatoms. The number of H-pyrrole nitrogens is 1. The number of amides is 2. The number of carbonyl (C=O) groups is 2. The first-order chi connectivity index (χ1) is 13.6. The molecule has 0 spiro atoms. The van der Waals surface area contributed by atoms with Crippen molar-refractivity contribution in [2.45, 2.75) is 43.9 Å². The molecule has 1 aromatic carbocycles. The van der Waals surface area contributed by atoms with E-state index in [1.807, 2.05) is 6.07 Å². The Kier molecular flexibility index (Phi) is 4.16. The summed E-state index contributed by atoms with van der Waals surface area (Å²) < 4.78 is 0. The lowest BCUT2D eigenvalue weighted by atomic mass is 9.62. The molecule has 2 fully saturated rings. The molecule has 28 heavy (non-hydrogen) atoms. The molecule has 0 bridgehead atoms. The van der Waals surface area contributed by atoms with Gasteiger partial charge >= 0.3 is 0 Å². The zero-order chi connectivity index (χ0) is 19.4. The van der Waals surface area contributed by atoms with Crippen LogP contribution in [0.1, 0.15) is 60.0 Å². The van der Waals surface area contributed by atoms with Gasteiger partial charge in [-0.2, -0.15) is 0 Å². The molecule has 2 aliphatic carbocycles. The molecular weight excluding hydrogens is 350 g/mol. The first kappa shape index (κ1) is 17.7. The fourth-order valence-electron chi connectivity index (χ4n) is 5.80. The third-order valence-electron chi connectivity index (χ3n) is 6.89. The van der Waals surface area contributed by atoms with E-state index in [2.05, 4.69) is 35.3 Å². The van der Waals surface area contributed by atoms with Gasteiger partial charge in [0.15, 0.2) is 0 Å². The Bertz CT molecular complexity index is 917. The average Bonchev–Trinajstić information content (AvgIpc) is 3.21. The van der Waals surface area contributed by atoms with Gasteiger partial charge in [-0.3, -0.25) is 9.59 Å². The van der Waals surface area contributed by atoms with Crippen molar-refractivity contribution in [3.05, 3.63) is 58.9 Å². The zero-order valence-electron chi connectivity index (χ0n) is 16.5. The molecule has 146 valence electrons. The standard InChI is InChI=1S/C23H27N3O2/c1-25(2)26-22(27)19-16-10-6-7-11-17(16)21-18(20(19)23(26)28)13-15(24-21)12-14-8-4-3-5-9-14/h3-5,8-9,13,16-17,19-20,24H,6-7,10-12H2,1-2H3/t16-,17+,19-,20+/m0/s1. The molecular formula is C23H27N3O2. The number of aromatic nitrogens is 1. The summed E-state index contributed by atoms with van der Waals surface area (Å²) in [5.74, 6) is 0.0475. The van der Waals surface area contributed by atoms with E-state index in [1.54, 1.807) is 19.1 Å². The molecule has 5 rings (SSSR count). The Morgan fingerprint density at radius 2 is 1.82 bits per heavy atom. The van der Waals surface area contributed by atoms with Gasteiger partial charge in [0.2, 0.25) is 5.91 Å². The molecule has 4 atom stereocenters. The minimum absolute atomic E-state index is 0.00615. The van der Waals surface area contributed by atoms with Crippen LogP contribution in [0.3, 0.4) is 0 Å².